The minimum absolute atomic E-state index is 0.363. The summed E-state index contributed by atoms with van der Waals surface area (Å²) >= 11 is 0. The first-order valence-corrected chi connectivity index (χ1v) is 7.09. The quantitative estimate of drug-likeness (QED) is 0.793. The predicted octanol–water partition coefficient (Wildman–Crippen LogP) is 1.95. The summed E-state index contributed by atoms with van der Waals surface area (Å²) in [7, 11) is 6.13. The molecular formula is C14H29N5. The monoisotopic (exact) mass is 267 g/mol. The van der Waals surface area contributed by atoms with E-state index in [-0.39, 0.29) is 0 Å². The zero-order valence-electron chi connectivity index (χ0n) is 13.2. The van der Waals surface area contributed by atoms with Crippen molar-refractivity contribution in [1.29, 1.82) is 0 Å². The van der Waals surface area contributed by atoms with Gasteiger partial charge in [-0.2, -0.15) is 5.10 Å². The second kappa shape index (κ2) is 6.80. The number of hydrogen-bond donors (Lipinski definition) is 2. The van der Waals surface area contributed by atoms with Crippen molar-refractivity contribution in [2.45, 2.75) is 39.7 Å². The summed E-state index contributed by atoms with van der Waals surface area (Å²) in [6.07, 6.45) is 1.99. The van der Waals surface area contributed by atoms with Gasteiger partial charge in [-0.15, -0.1) is 0 Å². The zero-order chi connectivity index (χ0) is 14.6. The van der Waals surface area contributed by atoms with Crippen LogP contribution in [0.3, 0.4) is 0 Å². The van der Waals surface area contributed by atoms with Crippen molar-refractivity contribution in [3.8, 4) is 0 Å². The zero-order valence-corrected chi connectivity index (χ0v) is 13.2. The number of nitrogens with one attached hydrogen (secondary N) is 1. The Morgan fingerprint density at radius 2 is 2.00 bits per heavy atom. The largest absolute Gasteiger partial charge is 0.394 e. The Labute approximate surface area is 117 Å². The van der Waals surface area contributed by atoms with Gasteiger partial charge in [-0.05, 0) is 26.4 Å². The number of aryl methyl sites for hydroxylation is 2. The van der Waals surface area contributed by atoms with E-state index in [9.17, 15) is 0 Å². The maximum absolute atomic E-state index is 6.21. The van der Waals surface area contributed by atoms with E-state index in [1.807, 2.05) is 11.7 Å². The number of hydrogen-bond acceptors (Lipinski definition) is 4. The Bertz CT molecular complexity index is 395. The molecule has 1 unspecified atom stereocenters. The van der Waals surface area contributed by atoms with Gasteiger partial charge in [-0.25, -0.2) is 0 Å². The van der Waals surface area contributed by atoms with Crippen LogP contribution in [-0.2, 0) is 13.5 Å². The number of anilines is 2. The number of nitrogens with zero attached hydrogens (tertiary/aromatic N) is 3. The van der Waals surface area contributed by atoms with E-state index in [0.717, 1.165) is 36.6 Å². The summed E-state index contributed by atoms with van der Waals surface area (Å²) in [6.45, 7) is 7.57. The van der Waals surface area contributed by atoms with Crippen molar-refractivity contribution < 1.29 is 0 Å². The Hall–Kier alpha value is -1.23. The van der Waals surface area contributed by atoms with Crippen LogP contribution in [0.15, 0.2) is 0 Å². The number of nitrogen functional groups attached to an aromatic ring is 1. The fraction of sp³-hybridized carbons (Fsp3) is 0.786. The third kappa shape index (κ3) is 4.13. The van der Waals surface area contributed by atoms with Gasteiger partial charge in [0.2, 0.25) is 0 Å². The molecule has 0 spiro atoms. The van der Waals surface area contributed by atoms with E-state index in [1.165, 1.54) is 0 Å². The second-order valence-corrected chi connectivity index (χ2v) is 5.84. The highest BCUT2D eigenvalue weighted by atomic mass is 15.3. The molecule has 0 aliphatic heterocycles. The molecule has 0 bridgehead atoms. The maximum atomic E-state index is 6.21. The molecule has 1 aromatic rings. The lowest BCUT2D eigenvalue weighted by atomic mass is 10.0. The minimum Gasteiger partial charge on any atom is -0.394 e. The number of rotatable bonds is 7. The summed E-state index contributed by atoms with van der Waals surface area (Å²) in [5, 5.41) is 8.07. The first-order chi connectivity index (χ1) is 8.86. The first-order valence-electron chi connectivity index (χ1n) is 7.09. The molecule has 5 nitrogen and oxygen atoms in total. The molecule has 0 radical (unpaired) electrons. The molecular weight excluding hydrogens is 238 g/mol. The molecule has 0 aliphatic rings. The van der Waals surface area contributed by atoms with Crippen LogP contribution < -0.4 is 11.1 Å². The van der Waals surface area contributed by atoms with Crippen LogP contribution in [0.2, 0.25) is 0 Å². The van der Waals surface area contributed by atoms with Gasteiger partial charge in [-0.1, -0.05) is 27.2 Å². The smallest absolute Gasteiger partial charge is 0.148 e. The van der Waals surface area contributed by atoms with Crippen molar-refractivity contribution in [3.05, 3.63) is 5.69 Å². The molecule has 0 saturated carbocycles. The van der Waals surface area contributed by atoms with Gasteiger partial charge in [-0.3, -0.25) is 4.68 Å². The average molecular weight is 267 g/mol. The van der Waals surface area contributed by atoms with Crippen LogP contribution in [0.4, 0.5) is 11.5 Å². The van der Waals surface area contributed by atoms with Crippen LogP contribution in [0, 0.1) is 5.92 Å². The highest BCUT2D eigenvalue weighted by molar-refractivity contribution is 5.65. The Kier molecular flexibility index (Phi) is 5.66. The normalized spacial score (nSPS) is 13.3. The van der Waals surface area contributed by atoms with Crippen molar-refractivity contribution in [2.75, 3.05) is 31.7 Å². The van der Waals surface area contributed by atoms with Crippen LogP contribution in [0.1, 0.15) is 32.9 Å². The maximum Gasteiger partial charge on any atom is 0.148 e. The van der Waals surface area contributed by atoms with Crippen LogP contribution in [-0.4, -0.2) is 41.4 Å². The van der Waals surface area contributed by atoms with Crippen LogP contribution in [0.25, 0.3) is 0 Å². The minimum atomic E-state index is 0.363. The van der Waals surface area contributed by atoms with E-state index < -0.39 is 0 Å². The fourth-order valence-electron chi connectivity index (χ4n) is 2.18. The van der Waals surface area contributed by atoms with Gasteiger partial charge in [0.15, 0.2) is 0 Å². The molecule has 1 heterocycles. The second-order valence-electron chi connectivity index (χ2n) is 5.84. The molecule has 0 aliphatic carbocycles. The third-order valence-electron chi connectivity index (χ3n) is 3.34. The Morgan fingerprint density at radius 3 is 2.47 bits per heavy atom. The number of nitrogens with two attached hydrogens (primary N) is 1. The molecule has 0 aromatic carbocycles. The van der Waals surface area contributed by atoms with Crippen LogP contribution >= 0.6 is 0 Å². The lowest BCUT2D eigenvalue weighted by Gasteiger charge is -2.26. The molecule has 3 N–H and O–H groups in total. The standard InChI is InChI=1S/C14H29N5/c1-7-8-11-13(15)14(19(6)17-11)16-12(10(2)3)9-18(4)5/h10,12,16H,7-9,15H2,1-6H3. The SMILES string of the molecule is CCCc1nn(C)c(NC(CN(C)C)C(C)C)c1N. The lowest BCUT2D eigenvalue weighted by molar-refractivity contribution is 0.343. The van der Waals surface area contributed by atoms with Gasteiger partial charge in [0, 0.05) is 19.6 Å². The van der Waals surface area contributed by atoms with Gasteiger partial charge in [0.05, 0.1) is 11.4 Å². The molecule has 5 heteroatoms. The molecule has 19 heavy (non-hydrogen) atoms. The van der Waals surface area contributed by atoms with E-state index in [1.54, 1.807) is 0 Å². The van der Waals surface area contributed by atoms with E-state index in [0.29, 0.717) is 12.0 Å². The highest BCUT2D eigenvalue weighted by Gasteiger charge is 2.19. The van der Waals surface area contributed by atoms with Gasteiger partial charge in [0.25, 0.3) is 0 Å². The van der Waals surface area contributed by atoms with Crippen LogP contribution in [0.5, 0.6) is 0 Å². The van der Waals surface area contributed by atoms with Crippen molar-refractivity contribution in [1.82, 2.24) is 14.7 Å². The van der Waals surface area contributed by atoms with E-state index in [4.69, 9.17) is 5.73 Å². The molecule has 1 aromatic heterocycles. The van der Waals surface area contributed by atoms with E-state index in [2.05, 4.69) is 50.2 Å². The highest BCUT2D eigenvalue weighted by Crippen LogP contribution is 2.25. The molecule has 1 rings (SSSR count). The summed E-state index contributed by atoms with van der Waals surface area (Å²) < 4.78 is 1.87. The van der Waals surface area contributed by atoms with E-state index >= 15 is 0 Å². The summed E-state index contributed by atoms with van der Waals surface area (Å²) in [6, 6.07) is 0.363. The van der Waals surface area contributed by atoms with Gasteiger partial charge in [0.1, 0.15) is 5.82 Å². The van der Waals surface area contributed by atoms with Crippen molar-refractivity contribution in [3.63, 3.8) is 0 Å². The third-order valence-corrected chi connectivity index (χ3v) is 3.34. The molecule has 110 valence electrons. The first kappa shape index (κ1) is 15.8. The predicted molar refractivity (Wildman–Crippen MR) is 82.4 cm³/mol. The topological polar surface area (TPSA) is 59.1 Å². The van der Waals surface area contributed by atoms with Gasteiger partial charge < -0.3 is 16.0 Å². The molecule has 0 fully saturated rings. The average Bonchev–Trinajstić information content (AvgIpc) is 2.55. The fourth-order valence-corrected chi connectivity index (χ4v) is 2.18. The Morgan fingerprint density at radius 1 is 1.37 bits per heavy atom. The lowest BCUT2D eigenvalue weighted by Crippen LogP contribution is -2.37. The number of aromatic nitrogens is 2. The molecule has 0 amide bonds. The molecule has 0 saturated heterocycles. The molecule has 1 atom stereocenters. The van der Waals surface area contributed by atoms with Crippen molar-refractivity contribution in [2.24, 2.45) is 13.0 Å². The van der Waals surface area contributed by atoms with Crippen molar-refractivity contribution >= 4 is 11.5 Å². The Balaban J connectivity index is 2.90. The summed E-state index contributed by atoms with van der Waals surface area (Å²) in [5.41, 5.74) is 8.01. The van der Waals surface area contributed by atoms with Gasteiger partial charge >= 0.3 is 0 Å². The summed E-state index contributed by atoms with van der Waals surface area (Å²) in [4.78, 5) is 2.19. The summed E-state index contributed by atoms with van der Waals surface area (Å²) in [5.74, 6) is 1.48. The number of likely N-dealkylation sites (N-methyl/N-ethyl adjacent to an activating group) is 1.